The molecular formula is C14H25N3O. The summed E-state index contributed by atoms with van der Waals surface area (Å²) in [7, 11) is 1.71. The molecule has 1 aromatic heterocycles. The lowest BCUT2D eigenvalue weighted by molar-refractivity contribution is 0.128. The zero-order chi connectivity index (χ0) is 13.8. The molecule has 0 bridgehead atoms. The lowest BCUT2D eigenvalue weighted by Crippen LogP contribution is -2.21. The van der Waals surface area contributed by atoms with Gasteiger partial charge in [-0.05, 0) is 24.6 Å². The van der Waals surface area contributed by atoms with Gasteiger partial charge in [-0.2, -0.15) is 0 Å². The van der Waals surface area contributed by atoms with Gasteiger partial charge < -0.3 is 15.8 Å². The monoisotopic (exact) mass is 251 g/mol. The lowest BCUT2D eigenvalue weighted by atomic mass is 9.91. The van der Waals surface area contributed by atoms with Gasteiger partial charge in [-0.3, -0.25) is 0 Å². The molecule has 0 amide bonds. The number of rotatable bonds is 5. The number of nitrogens with one attached hydrogen (secondary N) is 1. The lowest BCUT2D eigenvalue weighted by Gasteiger charge is -2.20. The molecule has 0 radical (unpaired) electrons. The van der Waals surface area contributed by atoms with E-state index in [1.807, 2.05) is 13.0 Å². The average Bonchev–Trinajstić information content (AvgIpc) is 2.34. The van der Waals surface area contributed by atoms with E-state index in [-0.39, 0.29) is 11.5 Å². The van der Waals surface area contributed by atoms with Gasteiger partial charge in [0.25, 0.3) is 0 Å². The summed E-state index contributed by atoms with van der Waals surface area (Å²) >= 11 is 0. The first-order chi connectivity index (χ1) is 8.36. The van der Waals surface area contributed by atoms with Gasteiger partial charge in [0.2, 0.25) is 0 Å². The van der Waals surface area contributed by atoms with Crippen molar-refractivity contribution in [2.24, 2.45) is 5.73 Å². The summed E-state index contributed by atoms with van der Waals surface area (Å²) in [6.07, 6.45) is 0.159. The number of aromatic nitrogens is 1. The van der Waals surface area contributed by atoms with Crippen LogP contribution < -0.4 is 11.1 Å². The predicted molar refractivity (Wildman–Crippen MR) is 75.8 cm³/mol. The molecule has 102 valence electrons. The second-order valence-electron chi connectivity index (χ2n) is 5.63. The molecule has 3 N–H and O–H groups in total. The van der Waals surface area contributed by atoms with Gasteiger partial charge in [-0.15, -0.1) is 0 Å². The van der Waals surface area contributed by atoms with Gasteiger partial charge >= 0.3 is 0 Å². The van der Waals surface area contributed by atoms with E-state index in [1.165, 1.54) is 0 Å². The van der Waals surface area contributed by atoms with Crippen LogP contribution in [0.4, 0.5) is 5.82 Å². The SMILES string of the molecule is COC(C)CNc1cc(CN)cc(C(C)(C)C)n1. The molecule has 0 aliphatic heterocycles. The van der Waals surface area contributed by atoms with Crippen molar-refractivity contribution in [3.05, 3.63) is 23.4 Å². The summed E-state index contributed by atoms with van der Waals surface area (Å²) in [5.41, 5.74) is 7.91. The molecule has 0 aliphatic rings. The fraction of sp³-hybridized carbons (Fsp3) is 0.643. The fourth-order valence-corrected chi connectivity index (χ4v) is 1.51. The number of nitrogens with zero attached hydrogens (tertiary/aromatic N) is 1. The Morgan fingerprint density at radius 2 is 2.06 bits per heavy atom. The van der Waals surface area contributed by atoms with Crippen molar-refractivity contribution < 1.29 is 4.74 Å². The summed E-state index contributed by atoms with van der Waals surface area (Å²) in [5.74, 6) is 0.867. The van der Waals surface area contributed by atoms with Crippen molar-refractivity contribution in [1.82, 2.24) is 4.98 Å². The van der Waals surface area contributed by atoms with Crippen LogP contribution in [0.15, 0.2) is 12.1 Å². The van der Waals surface area contributed by atoms with Crippen molar-refractivity contribution >= 4 is 5.82 Å². The van der Waals surface area contributed by atoms with Crippen LogP contribution in [0.25, 0.3) is 0 Å². The Bertz CT molecular complexity index is 385. The number of ether oxygens (including phenoxy) is 1. The molecular weight excluding hydrogens is 226 g/mol. The Hall–Kier alpha value is -1.13. The van der Waals surface area contributed by atoms with Crippen LogP contribution in [-0.4, -0.2) is 24.7 Å². The number of nitrogens with two attached hydrogens (primary N) is 1. The zero-order valence-electron chi connectivity index (χ0n) is 12.1. The largest absolute Gasteiger partial charge is 0.380 e. The van der Waals surface area contributed by atoms with Crippen molar-refractivity contribution in [2.45, 2.75) is 45.8 Å². The Labute approximate surface area is 110 Å². The summed E-state index contributed by atoms with van der Waals surface area (Å²) in [6, 6.07) is 4.07. The highest BCUT2D eigenvalue weighted by Crippen LogP contribution is 2.23. The molecule has 4 nitrogen and oxygen atoms in total. The summed E-state index contributed by atoms with van der Waals surface area (Å²) in [6.45, 7) is 9.73. The van der Waals surface area contributed by atoms with Crippen LogP contribution in [-0.2, 0) is 16.7 Å². The Morgan fingerprint density at radius 1 is 1.39 bits per heavy atom. The maximum Gasteiger partial charge on any atom is 0.126 e. The Balaban J connectivity index is 2.91. The fourth-order valence-electron chi connectivity index (χ4n) is 1.51. The van der Waals surface area contributed by atoms with Crippen molar-refractivity contribution in [3.8, 4) is 0 Å². The molecule has 0 saturated heterocycles. The minimum absolute atomic E-state index is 0.0223. The molecule has 1 aromatic rings. The number of hydrogen-bond acceptors (Lipinski definition) is 4. The van der Waals surface area contributed by atoms with Crippen LogP contribution >= 0.6 is 0 Å². The second-order valence-corrected chi connectivity index (χ2v) is 5.63. The first kappa shape index (κ1) is 14.9. The van der Waals surface area contributed by atoms with Crippen LogP contribution in [0.2, 0.25) is 0 Å². The number of methoxy groups -OCH3 is 1. The number of pyridine rings is 1. The molecule has 0 saturated carbocycles. The third kappa shape index (κ3) is 4.27. The van der Waals surface area contributed by atoms with Gasteiger partial charge in [-0.1, -0.05) is 20.8 Å². The predicted octanol–water partition coefficient (Wildman–Crippen LogP) is 2.28. The third-order valence-corrected chi connectivity index (χ3v) is 2.86. The van der Waals surface area contributed by atoms with E-state index in [0.29, 0.717) is 6.54 Å². The van der Waals surface area contributed by atoms with E-state index in [0.717, 1.165) is 23.6 Å². The molecule has 1 unspecified atom stereocenters. The maximum atomic E-state index is 5.73. The quantitative estimate of drug-likeness (QED) is 0.843. The topological polar surface area (TPSA) is 60.2 Å². The molecule has 1 heterocycles. The zero-order valence-corrected chi connectivity index (χ0v) is 12.1. The maximum absolute atomic E-state index is 5.73. The highest BCUT2D eigenvalue weighted by Gasteiger charge is 2.17. The van der Waals surface area contributed by atoms with Crippen LogP contribution in [0.3, 0.4) is 0 Å². The highest BCUT2D eigenvalue weighted by atomic mass is 16.5. The van der Waals surface area contributed by atoms with Gasteiger partial charge in [0.1, 0.15) is 5.82 Å². The summed E-state index contributed by atoms with van der Waals surface area (Å²) in [5, 5.41) is 3.29. The molecule has 0 fully saturated rings. The molecule has 0 spiro atoms. The Kier molecular flexibility index (Phi) is 5.11. The van der Waals surface area contributed by atoms with Crippen molar-refractivity contribution in [3.63, 3.8) is 0 Å². The van der Waals surface area contributed by atoms with E-state index >= 15 is 0 Å². The molecule has 18 heavy (non-hydrogen) atoms. The van der Waals surface area contributed by atoms with E-state index < -0.39 is 0 Å². The minimum atomic E-state index is 0.0223. The molecule has 1 atom stereocenters. The van der Waals surface area contributed by atoms with Gasteiger partial charge in [0, 0.05) is 31.3 Å². The van der Waals surface area contributed by atoms with E-state index in [4.69, 9.17) is 10.5 Å². The first-order valence-electron chi connectivity index (χ1n) is 6.35. The van der Waals surface area contributed by atoms with Crippen molar-refractivity contribution in [1.29, 1.82) is 0 Å². The van der Waals surface area contributed by atoms with Crippen LogP contribution in [0.1, 0.15) is 39.0 Å². The number of hydrogen-bond donors (Lipinski definition) is 2. The molecule has 0 aliphatic carbocycles. The van der Waals surface area contributed by atoms with Crippen LogP contribution in [0.5, 0.6) is 0 Å². The third-order valence-electron chi connectivity index (χ3n) is 2.86. The molecule has 0 aromatic carbocycles. The summed E-state index contributed by atoms with van der Waals surface area (Å²) in [4.78, 5) is 4.64. The number of anilines is 1. The van der Waals surface area contributed by atoms with E-state index in [9.17, 15) is 0 Å². The van der Waals surface area contributed by atoms with Gasteiger partial charge in [0.05, 0.1) is 6.10 Å². The van der Waals surface area contributed by atoms with Gasteiger partial charge in [0.15, 0.2) is 0 Å². The second kappa shape index (κ2) is 6.16. The highest BCUT2D eigenvalue weighted by molar-refractivity contribution is 5.41. The van der Waals surface area contributed by atoms with Crippen LogP contribution in [0, 0.1) is 0 Å². The smallest absolute Gasteiger partial charge is 0.126 e. The molecule has 1 rings (SSSR count). The van der Waals surface area contributed by atoms with Gasteiger partial charge in [-0.25, -0.2) is 4.98 Å². The van der Waals surface area contributed by atoms with E-state index in [2.05, 4.69) is 37.1 Å². The minimum Gasteiger partial charge on any atom is -0.380 e. The van der Waals surface area contributed by atoms with Crippen molar-refractivity contribution in [2.75, 3.05) is 19.0 Å². The average molecular weight is 251 g/mol. The normalized spacial score (nSPS) is 13.4. The standard InChI is InChI=1S/C14H25N3O/c1-10(18-5)9-16-13-7-11(8-15)6-12(17-13)14(2,3)4/h6-7,10H,8-9,15H2,1-5H3,(H,16,17). The molecule has 4 heteroatoms. The Morgan fingerprint density at radius 3 is 2.56 bits per heavy atom. The summed E-state index contributed by atoms with van der Waals surface area (Å²) < 4.78 is 5.21. The van der Waals surface area contributed by atoms with E-state index in [1.54, 1.807) is 7.11 Å². The first-order valence-corrected chi connectivity index (χ1v) is 6.35.